The van der Waals surface area contributed by atoms with Gasteiger partial charge in [0.25, 0.3) is 5.91 Å². The van der Waals surface area contributed by atoms with Crippen molar-refractivity contribution in [2.75, 3.05) is 5.75 Å². The zero-order chi connectivity index (χ0) is 24.0. The van der Waals surface area contributed by atoms with Crippen molar-refractivity contribution < 1.29 is 4.79 Å². The van der Waals surface area contributed by atoms with Crippen LogP contribution in [0.5, 0.6) is 0 Å². The highest BCUT2D eigenvalue weighted by molar-refractivity contribution is 9.10. The van der Waals surface area contributed by atoms with E-state index >= 15 is 0 Å². The summed E-state index contributed by atoms with van der Waals surface area (Å²) in [7, 11) is 0. The molecule has 0 aliphatic heterocycles. The molecule has 0 bridgehead atoms. The Balaban J connectivity index is 1.31. The van der Waals surface area contributed by atoms with Crippen molar-refractivity contribution in [2.45, 2.75) is 5.16 Å². The molecule has 35 heavy (non-hydrogen) atoms. The Morgan fingerprint density at radius 2 is 1.66 bits per heavy atom. The van der Waals surface area contributed by atoms with E-state index in [1.165, 1.54) is 11.8 Å². The number of hydrazone groups is 1. The van der Waals surface area contributed by atoms with Crippen molar-refractivity contribution >= 4 is 50.6 Å². The third-order valence-corrected chi connectivity index (χ3v) is 6.76. The molecule has 0 radical (unpaired) electrons. The van der Waals surface area contributed by atoms with Crippen LogP contribution in [0.3, 0.4) is 0 Å². The van der Waals surface area contributed by atoms with E-state index in [1.54, 1.807) is 6.21 Å². The van der Waals surface area contributed by atoms with Gasteiger partial charge >= 0.3 is 0 Å². The molecule has 8 heteroatoms. The Labute approximate surface area is 215 Å². The number of halogens is 1. The van der Waals surface area contributed by atoms with E-state index in [0.29, 0.717) is 11.0 Å². The predicted octanol–water partition coefficient (Wildman–Crippen LogP) is 6.09. The molecule has 0 aliphatic carbocycles. The number of benzene rings is 4. The lowest BCUT2D eigenvalue weighted by Gasteiger charge is -2.10. The number of nitrogens with zero attached hydrogens (tertiary/aromatic N) is 4. The molecule has 5 rings (SSSR count). The van der Waals surface area contributed by atoms with Gasteiger partial charge in [-0.15, -0.1) is 10.2 Å². The smallest absolute Gasteiger partial charge is 0.250 e. The summed E-state index contributed by atoms with van der Waals surface area (Å²) in [5.74, 6) is 0.637. The number of fused-ring (bicyclic) bond motifs is 1. The number of carbonyl (C=O) groups is 1. The highest BCUT2D eigenvalue weighted by atomic mass is 79.9. The summed E-state index contributed by atoms with van der Waals surface area (Å²) >= 11 is 4.78. The molecule has 1 N–H and O–H groups in total. The van der Waals surface area contributed by atoms with E-state index in [9.17, 15) is 4.79 Å². The molecule has 5 aromatic rings. The van der Waals surface area contributed by atoms with Crippen LogP contribution < -0.4 is 5.43 Å². The van der Waals surface area contributed by atoms with E-state index in [2.05, 4.69) is 36.7 Å². The third kappa shape index (κ3) is 5.34. The van der Waals surface area contributed by atoms with Crippen LogP contribution in [0.25, 0.3) is 27.8 Å². The van der Waals surface area contributed by atoms with Gasteiger partial charge in [-0.05, 0) is 35.0 Å². The molecule has 0 saturated carbocycles. The number of amides is 1. The Morgan fingerprint density at radius 3 is 2.49 bits per heavy atom. The van der Waals surface area contributed by atoms with Crippen molar-refractivity contribution in [1.82, 2.24) is 20.2 Å². The van der Waals surface area contributed by atoms with Crippen LogP contribution in [0.1, 0.15) is 5.56 Å². The molecule has 172 valence electrons. The fraction of sp³-hybridized carbons (Fsp3) is 0.0370. The number of hydrogen-bond acceptors (Lipinski definition) is 5. The summed E-state index contributed by atoms with van der Waals surface area (Å²) in [6.07, 6.45) is 1.67. The van der Waals surface area contributed by atoms with Gasteiger partial charge in [0, 0.05) is 21.3 Å². The first-order valence-electron chi connectivity index (χ1n) is 10.9. The van der Waals surface area contributed by atoms with Crippen LogP contribution in [-0.4, -0.2) is 32.6 Å². The molecule has 0 saturated heterocycles. The fourth-order valence-corrected chi connectivity index (χ4v) is 4.67. The average Bonchev–Trinajstić information content (AvgIpc) is 3.32. The second kappa shape index (κ2) is 10.7. The maximum absolute atomic E-state index is 12.5. The van der Waals surface area contributed by atoms with Crippen molar-refractivity contribution in [1.29, 1.82) is 0 Å². The quantitative estimate of drug-likeness (QED) is 0.154. The van der Waals surface area contributed by atoms with Gasteiger partial charge in [-0.2, -0.15) is 5.10 Å². The highest BCUT2D eigenvalue weighted by Crippen LogP contribution is 2.28. The SMILES string of the molecule is O=C(CSc1nnc(-c2ccc(Br)cc2)n1-c1ccccc1)N/N=C\c1cccc2ccccc12. The minimum absolute atomic E-state index is 0.151. The van der Waals surface area contributed by atoms with E-state index < -0.39 is 0 Å². The molecule has 0 spiro atoms. The molecule has 6 nitrogen and oxygen atoms in total. The van der Waals surface area contributed by atoms with Crippen LogP contribution in [0.2, 0.25) is 0 Å². The highest BCUT2D eigenvalue weighted by Gasteiger charge is 2.17. The number of nitrogens with one attached hydrogen (secondary N) is 1. The summed E-state index contributed by atoms with van der Waals surface area (Å²) in [4.78, 5) is 12.5. The summed E-state index contributed by atoms with van der Waals surface area (Å²) in [5.41, 5.74) is 5.42. The zero-order valence-corrected chi connectivity index (χ0v) is 20.9. The lowest BCUT2D eigenvalue weighted by Crippen LogP contribution is -2.20. The van der Waals surface area contributed by atoms with E-state index in [-0.39, 0.29) is 11.7 Å². The summed E-state index contributed by atoms with van der Waals surface area (Å²) in [6.45, 7) is 0. The van der Waals surface area contributed by atoms with Gasteiger partial charge in [0.05, 0.1) is 12.0 Å². The molecule has 0 fully saturated rings. The van der Waals surface area contributed by atoms with Crippen molar-refractivity contribution in [3.8, 4) is 17.1 Å². The molecular weight excluding hydrogens is 522 g/mol. The monoisotopic (exact) mass is 541 g/mol. The van der Waals surface area contributed by atoms with Crippen molar-refractivity contribution in [3.63, 3.8) is 0 Å². The maximum Gasteiger partial charge on any atom is 0.250 e. The molecule has 1 aromatic heterocycles. The van der Waals surface area contributed by atoms with Gasteiger partial charge in [0.15, 0.2) is 11.0 Å². The first-order chi connectivity index (χ1) is 17.2. The van der Waals surface area contributed by atoms with Crippen molar-refractivity contribution in [2.24, 2.45) is 5.10 Å². The van der Waals surface area contributed by atoms with Crippen LogP contribution in [-0.2, 0) is 4.79 Å². The second-order valence-corrected chi connectivity index (χ2v) is 9.49. The van der Waals surface area contributed by atoms with Crippen molar-refractivity contribution in [3.05, 3.63) is 107 Å². The standard InChI is InChI=1S/C27H20BrN5OS/c28-22-15-13-20(14-16-22)26-31-32-27(33(26)23-10-2-1-3-11-23)35-18-25(34)30-29-17-21-9-6-8-19-7-4-5-12-24(19)21/h1-17H,18H2,(H,30,34)/b29-17-. The molecule has 0 unspecified atom stereocenters. The lowest BCUT2D eigenvalue weighted by atomic mass is 10.1. The Hall–Kier alpha value is -3.75. The van der Waals surface area contributed by atoms with Crippen LogP contribution >= 0.6 is 27.7 Å². The first kappa shape index (κ1) is 23.0. The van der Waals surface area contributed by atoms with E-state index in [4.69, 9.17) is 0 Å². The van der Waals surface area contributed by atoms with Gasteiger partial charge < -0.3 is 0 Å². The normalized spacial score (nSPS) is 11.2. The minimum atomic E-state index is -0.223. The maximum atomic E-state index is 12.5. The number of rotatable bonds is 7. The van der Waals surface area contributed by atoms with E-state index in [1.807, 2.05) is 102 Å². The molecule has 4 aromatic carbocycles. The molecular formula is C27H20BrN5OS. The van der Waals surface area contributed by atoms with Crippen LogP contribution in [0.4, 0.5) is 0 Å². The summed E-state index contributed by atoms with van der Waals surface area (Å²) < 4.78 is 2.95. The van der Waals surface area contributed by atoms with Gasteiger partial charge in [-0.3, -0.25) is 9.36 Å². The second-order valence-electron chi connectivity index (χ2n) is 7.63. The van der Waals surface area contributed by atoms with Crippen LogP contribution in [0, 0.1) is 0 Å². The fourth-order valence-electron chi connectivity index (χ4n) is 3.66. The van der Waals surface area contributed by atoms with Gasteiger partial charge in [-0.25, -0.2) is 5.43 Å². The Bertz CT molecular complexity index is 1490. The molecule has 1 amide bonds. The van der Waals surface area contributed by atoms with Gasteiger partial charge in [-0.1, -0.05) is 100 Å². The van der Waals surface area contributed by atoms with Crippen LogP contribution in [0.15, 0.2) is 112 Å². The average molecular weight is 542 g/mol. The number of aromatic nitrogens is 3. The molecule has 0 aliphatic rings. The van der Waals surface area contributed by atoms with Gasteiger partial charge in [0.1, 0.15) is 0 Å². The van der Waals surface area contributed by atoms with Gasteiger partial charge in [0.2, 0.25) is 0 Å². The molecule has 0 atom stereocenters. The zero-order valence-electron chi connectivity index (χ0n) is 18.5. The Morgan fingerprint density at radius 1 is 0.914 bits per heavy atom. The topological polar surface area (TPSA) is 72.2 Å². The molecule has 1 heterocycles. The predicted molar refractivity (Wildman–Crippen MR) is 145 cm³/mol. The first-order valence-corrected chi connectivity index (χ1v) is 12.7. The summed E-state index contributed by atoms with van der Waals surface area (Å²) in [6, 6.07) is 31.8. The number of thioether (sulfide) groups is 1. The number of carbonyl (C=O) groups excluding carboxylic acids is 1. The number of para-hydroxylation sites is 1. The lowest BCUT2D eigenvalue weighted by molar-refractivity contribution is -0.118. The number of hydrogen-bond donors (Lipinski definition) is 1. The largest absolute Gasteiger partial charge is 0.272 e. The van der Waals surface area contributed by atoms with E-state index in [0.717, 1.165) is 32.1 Å². The minimum Gasteiger partial charge on any atom is -0.272 e. The third-order valence-electron chi connectivity index (χ3n) is 5.30. The summed E-state index contributed by atoms with van der Waals surface area (Å²) in [5, 5.41) is 15.8. The Kier molecular flexibility index (Phi) is 7.02.